The number of fused-ring (bicyclic) bond motifs is 16. The fourth-order valence-electron chi connectivity index (χ4n) is 10.8. The van der Waals surface area contributed by atoms with Crippen molar-refractivity contribution < 1.29 is 13.3 Å². The van der Waals surface area contributed by atoms with Crippen molar-refractivity contribution in [2.45, 2.75) is 19.3 Å². The molecule has 9 aromatic carbocycles. The Morgan fingerprint density at radius 2 is 0.934 bits per heavy atom. The molecule has 0 N–H and O–H groups in total. The molecule has 286 valence electrons. The minimum absolute atomic E-state index is 0.257. The van der Waals surface area contributed by atoms with Crippen LogP contribution in [0.3, 0.4) is 0 Å². The maximum atomic E-state index is 6.56. The van der Waals surface area contributed by atoms with Gasteiger partial charge < -0.3 is 17.8 Å². The van der Waals surface area contributed by atoms with E-state index in [0.717, 1.165) is 94.0 Å². The van der Waals surface area contributed by atoms with E-state index < -0.39 is 0 Å². The quantitative estimate of drug-likeness (QED) is 0.179. The highest BCUT2D eigenvalue weighted by Gasteiger charge is 2.38. The average Bonchev–Trinajstić information content (AvgIpc) is 4.10. The standard InChI is InChI=1S/C57H35NO3/c1-57(2)46-31-35(21-22-37(46)40-23-27-53-54(55(40)57)42-12-5-8-17-51(42)60-53)58-47-24-18-32(33-20-26-52-45(29-33)39-11-4-6-15-49(39)59-52)28-43(47)44-30-34(19-25-48(44)58)36-13-9-14-41-38-10-3-7-16-50(38)61-56(36)41/h3-31H,1-2H3. The minimum Gasteiger partial charge on any atom is -0.456 e. The number of aromatic nitrogens is 1. The van der Waals surface area contributed by atoms with Gasteiger partial charge in [-0.2, -0.15) is 0 Å². The first-order chi connectivity index (χ1) is 30.0. The minimum atomic E-state index is -0.257. The number of nitrogens with zero attached hydrogens (tertiary/aromatic N) is 1. The molecule has 0 saturated heterocycles. The summed E-state index contributed by atoms with van der Waals surface area (Å²) in [6.07, 6.45) is 0. The zero-order valence-electron chi connectivity index (χ0n) is 33.4. The van der Waals surface area contributed by atoms with Crippen molar-refractivity contribution in [3.05, 3.63) is 187 Å². The van der Waals surface area contributed by atoms with Crippen LogP contribution in [0.15, 0.2) is 189 Å². The summed E-state index contributed by atoms with van der Waals surface area (Å²) in [5.74, 6) is 0. The topological polar surface area (TPSA) is 44.4 Å². The van der Waals surface area contributed by atoms with Crippen LogP contribution in [0.2, 0.25) is 0 Å². The van der Waals surface area contributed by atoms with Gasteiger partial charge in [0.2, 0.25) is 0 Å². The van der Waals surface area contributed by atoms with Gasteiger partial charge in [-0.25, -0.2) is 0 Å². The molecule has 4 nitrogen and oxygen atoms in total. The summed E-state index contributed by atoms with van der Waals surface area (Å²) in [7, 11) is 0. The van der Waals surface area contributed by atoms with Gasteiger partial charge in [0.1, 0.15) is 33.5 Å². The van der Waals surface area contributed by atoms with Crippen LogP contribution in [-0.4, -0.2) is 4.57 Å². The van der Waals surface area contributed by atoms with Crippen LogP contribution in [0, 0.1) is 0 Å². The molecule has 0 unspecified atom stereocenters. The maximum Gasteiger partial charge on any atom is 0.143 e. The smallest absolute Gasteiger partial charge is 0.143 e. The van der Waals surface area contributed by atoms with E-state index in [1.54, 1.807) is 0 Å². The Morgan fingerprint density at radius 3 is 1.72 bits per heavy atom. The van der Waals surface area contributed by atoms with Gasteiger partial charge in [0.25, 0.3) is 0 Å². The van der Waals surface area contributed by atoms with Gasteiger partial charge in [0.05, 0.1) is 11.0 Å². The van der Waals surface area contributed by atoms with Crippen LogP contribution in [0.5, 0.6) is 0 Å². The molecule has 0 fully saturated rings. The monoisotopic (exact) mass is 781 g/mol. The van der Waals surface area contributed by atoms with E-state index in [2.05, 4.69) is 170 Å². The maximum absolute atomic E-state index is 6.56. The molecule has 1 aliphatic carbocycles. The zero-order chi connectivity index (χ0) is 40.1. The summed E-state index contributed by atoms with van der Waals surface area (Å²) in [4.78, 5) is 0. The number of rotatable bonds is 3. The Balaban J connectivity index is 0.996. The first kappa shape index (κ1) is 33.1. The van der Waals surface area contributed by atoms with Crippen LogP contribution in [0.1, 0.15) is 25.0 Å². The van der Waals surface area contributed by atoms with E-state index >= 15 is 0 Å². The van der Waals surface area contributed by atoms with E-state index in [4.69, 9.17) is 13.3 Å². The first-order valence-electron chi connectivity index (χ1n) is 21.0. The van der Waals surface area contributed by atoms with E-state index in [0.29, 0.717) is 0 Å². The van der Waals surface area contributed by atoms with Gasteiger partial charge in [-0.3, -0.25) is 0 Å². The molecule has 4 heterocycles. The summed E-state index contributed by atoms with van der Waals surface area (Å²) in [6.45, 7) is 4.73. The Labute approximate surface area is 349 Å². The van der Waals surface area contributed by atoms with E-state index in [1.807, 2.05) is 24.3 Å². The predicted molar refractivity (Wildman–Crippen MR) is 251 cm³/mol. The molecular formula is C57H35NO3. The summed E-state index contributed by atoms with van der Waals surface area (Å²) < 4.78 is 21.6. The fourth-order valence-corrected chi connectivity index (χ4v) is 10.8. The van der Waals surface area contributed by atoms with Crippen molar-refractivity contribution in [3.8, 4) is 39.1 Å². The SMILES string of the molecule is CC1(C)c2cc(-n3c4ccc(-c5ccc6oc7ccccc7c6c5)cc4c4cc(-c5cccc6c5oc5ccccc56)ccc43)ccc2-c2ccc3oc4ccccc4c3c21. The predicted octanol–water partition coefficient (Wildman–Crippen LogP) is 16.1. The Kier molecular flexibility index (Phi) is 6.33. The third-order valence-corrected chi connectivity index (χ3v) is 13.6. The van der Waals surface area contributed by atoms with Crippen molar-refractivity contribution >= 4 is 87.6 Å². The van der Waals surface area contributed by atoms with Crippen LogP contribution >= 0.6 is 0 Å². The molecule has 0 spiro atoms. The second kappa shape index (κ2) is 11.7. The molecule has 0 radical (unpaired) electrons. The van der Waals surface area contributed by atoms with Gasteiger partial charge in [-0.15, -0.1) is 0 Å². The zero-order valence-corrected chi connectivity index (χ0v) is 33.4. The van der Waals surface area contributed by atoms with Crippen molar-refractivity contribution in [1.82, 2.24) is 4.57 Å². The fraction of sp³-hybridized carbons (Fsp3) is 0.0526. The second-order valence-electron chi connectivity index (χ2n) is 17.2. The molecule has 13 aromatic rings. The largest absolute Gasteiger partial charge is 0.456 e. The Morgan fingerprint density at radius 1 is 0.377 bits per heavy atom. The molecule has 0 bridgehead atoms. The third-order valence-electron chi connectivity index (χ3n) is 13.6. The summed E-state index contributed by atoms with van der Waals surface area (Å²) >= 11 is 0. The summed E-state index contributed by atoms with van der Waals surface area (Å²) in [6, 6.07) is 63.4. The number of hydrogen-bond acceptors (Lipinski definition) is 3. The lowest BCUT2D eigenvalue weighted by atomic mass is 9.80. The number of para-hydroxylation sites is 4. The third kappa shape index (κ3) is 4.43. The number of furan rings is 3. The van der Waals surface area contributed by atoms with Gasteiger partial charge >= 0.3 is 0 Å². The van der Waals surface area contributed by atoms with Gasteiger partial charge in [-0.05, 0) is 112 Å². The van der Waals surface area contributed by atoms with Crippen LogP contribution in [-0.2, 0) is 5.41 Å². The average molecular weight is 782 g/mol. The second-order valence-corrected chi connectivity index (χ2v) is 17.2. The highest BCUT2D eigenvalue weighted by molar-refractivity contribution is 6.15. The molecule has 0 atom stereocenters. The van der Waals surface area contributed by atoms with Crippen molar-refractivity contribution in [3.63, 3.8) is 0 Å². The van der Waals surface area contributed by atoms with Crippen molar-refractivity contribution in [2.24, 2.45) is 0 Å². The molecule has 4 aromatic heterocycles. The van der Waals surface area contributed by atoms with E-state index in [9.17, 15) is 0 Å². The highest BCUT2D eigenvalue weighted by atomic mass is 16.3. The van der Waals surface area contributed by atoms with Gasteiger partial charge in [-0.1, -0.05) is 117 Å². The van der Waals surface area contributed by atoms with Gasteiger partial charge in [0.15, 0.2) is 0 Å². The highest BCUT2D eigenvalue weighted by Crippen LogP contribution is 2.54. The lowest BCUT2D eigenvalue weighted by Gasteiger charge is -2.23. The molecule has 61 heavy (non-hydrogen) atoms. The Hall–Kier alpha value is -7.82. The van der Waals surface area contributed by atoms with E-state index in [1.165, 1.54) is 43.8 Å². The molecule has 14 rings (SSSR count). The molecule has 1 aliphatic rings. The molecule has 0 aliphatic heterocycles. The molecular weight excluding hydrogens is 747 g/mol. The van der Waals surface area contributed by atoms with Gasteiger partial charge in [0, 0.05) is 59.8 Å². The van der Waals surface area contributed by atoms with Crippen LogP contribution in [0.4, 0.5) is 0 Å². The summed E-state index contributed by atoms with van der Waals surface area (Å²) in [5, 5.41) is 9.28. The molecule has 4 heteroatoms. The number of benzene rings is 9. The van der Waals surface area contributed by atoms with Crippen LogP contribution in [0.25, 0.3) is 127 Å². The lowest BCUT2D eigenvalue weighted by molar-refractivity contribution is 0.656. The van der Waals surface area contributed by atoms with Crippen LogP contribution < -0.4 is 0 Å². The molecule has 0 amide bonds. The first-order valence-corrected chi connectivity index (χ1v) is 21.0. The van der Waals surface area contributed by atoms with E-state index in [-0.39, 0.29) is 5.41 Å². The van der Waals surface area contributed by atoms with Crippen molar-refractivity contribution in [2.75, 3.05) is 0 Å². The molecule has 0 saturated carbocycles. The lowest BCUT2D eigenvalue weighted by Crippen LogP contribution is -2.15. The number of hydrogen-bond donors (Lipinski definition) is 0. The van der Waals surface area contributed by atoms with Crippen molar-refractivity contribution in [1.29, 1.82) is 0 Å². The normalized spacial score (nSPS) is 13.5. The Bertz CT molecular complexity index is 4030. The summed E-state index contributed by atoms with van der Waals surface area (Å²) in [5.41, 5.74) is 18.4.